The van der Waals surface area contributed by atoms with Gasteiger partial charge in [-0.25, -0.2) is 4.99 Å². The highest BCUT2D eigenvalue weighted by Gasteiger charge is 2.15. The zero-order valence-corrected chi connectivity index (χ0v) is 12.8. The largest absolute Gasteiger partial charge is 0.290 e. The van der Waals surface area contributed by atoms with E-state index in [1.807, 2.05) is 18.2 Å². The van der Waals surface area contributed by atoms with E-state index in [9.17, 15) is 9.59 Å². The molecule has 1 aromatic rings. The molecule has 19 heavy (non-hydrogen) atoms. The summed E-state index contributed by atoms with van der Waals surface area (Å²) in [5.74, 6) is -0.315. The van der Waals surface area contributed by atoms with Crippen molar-refractivity contribution in [3.8, 4) is 0 Å². The highest BCUT2D eigenvalue weighted by molar-refractivity contribution is 14.1. The van der Waals surface area contributed by atoms with Gasteiger partial charge in [-0.05, 0) is 71.9 Å². The van der Waals surface area contributed by atoms with Crippen molar-refractivity contribution in [1.29, 1.82) is 0 Å². The number of hydrogen-bond donors (Lipinski definition) is 0. The van der Waals surface area contributed by atoms with Crippen molar-refractivity contribution >= 4 is 40.0 Å². The Morgan fingerprint density at radius 3 is 2.47 bits per heavy atom. The fourth-order valence-electron chi connectivity index (χ4n) is 1.70. The van der Waals surface area contributed by atoms with E-state index < -0.39 is 0 Å². The molecule has 0 spiro atoms. The van der Waals surface area contributed by atoms with Crippen molar-refractivity contribution in [1.82, 2.24) is 0 Å². The average molecular weight is 365 g/mol. The average Bonchev–Trinajstić information content (AvgIpc) is 2.36. The molecule has 0 heterocycles. The number of rotatable bonds is 1. The van der Waals surface area contributed by atoms with E-state index in [-0.39, 0.29) is 11.7 Å². The SMILES string of the molecule is CC1=CC(=NC(=O)c2ccccc2I)C(C)=CC1=O. The number of hydrogen-bond acceptors (Lipinski definition) is 2. The summed E-state index contributed by atoms with van der Waals surface area (Å²) in [5, 5.41) is 0. The van der Waals surface area contributed by atoms with E-state index in [1.165, 1.54) is 6.08 Å². The van der Waals surface area contributed by atoms with E-state index in [0.29, 0.717) is 16.8 Å². The molecular formula is C15H12INO2. The molecule has 0 fully saturated rings. The Morgan fingerprint density at radius 1 is 1.11 bits per heavy atom. The van der Waals surface area contributed by atoms with E-state index >= 15 is 0 Å². The molecule has 1 aliphatic rings. The Bertz CT molecular complexity index is 654. The first-order valence-electron chi connectivity index (χ1n) is 5.78. The minimum atomic E-state index is -0.286. The fraction of sp³-hybridized carbons (Fsp3) is 0.133. The number of nitrogens with zero attached hydrogens (tertiary/aromatic N) is 1. The molecule has 3 nitrogen and oxygen atoms in total. The smallest absolute Gasteiger partial charge is 0.278 e. The maximum absolute atomic E-state index is 12.1. The van der Waals surface area contributed by atoms with Crippen molar-refractivity contribution in [3.05, 3.63) is 56.7 Å². The monoisotopic (exact) mass is 365 g/mol. The Kier molecular flexibility index (Phi) is 4.09. The Morgan fingerprint density at radius 2 is 1.79 bits per heavy atom. The number of carbonyl (C=O) groups excluding carboxylic acids is 2. The molecule has 1 aromatic carbocycles. The van der Waals surface area contributed by atoms with E-state index in [0.717, 1.165) is 9.14 Å². The fourth-order valence-corrected chi connectivity index (χ4v) is 2.32. The second kappa shape index (κ2) is 5.61. The highest BCUT2D eigenvalue weighted by Crippen LogP contribution is 2.16. The molecule has 96 valence electrons. The van der Waals surface area contributed by atoms with Crippen molar-refractivity contribution in [3.63, 3.8) is 0 Å². The summed E-state index contributed by atoms with van der Waals surface area (Å²) < 4.78 is 0.865. The molecule has 1 amide bonds. The number of amides is 1. The van der Waals surface area contributed by atoms with Crippen LogP contribution in [0.5, 0.6) is 0 Å². The molecular weight excluding hydrogens is 353 g/mol. The predicted octanol–water partition coefficient (Wildman–Crippen LogP) is 3.35. The molecule has 0 unspecified atom stereocenters. The maximum Gasteiger partial charge on any atom is 0.278 e. The molecule has 0 saturated carbocycles. The lowest BCUT2D eigenvalue weighted by Gasteiger charge is -2.09. The molecule has 0 aliphatic heterocycles. The highest BCUT2D eigenvalue weighted by atomic mass is 127. The topological polar surface area (TPSA) is 46.5 Å². The van der Waals surface area contributed by atoms with Crippen LogP contribution in [0.1, 0.15) is 24.2 Å². The van der Waals surface area contributed by atoms with Crippen LogP contribution in [0.3, 0.4) is 0 Å². The molecule has 1 aliphatic carbocycles. The molecule has 2 rings (SSSR count). The van der Waals surface area contributed by atoms with Crippen LogP contribution < -0.4 is 0 Å². The quantitative estimate of drug-likeness (QED) is 0.566. The zero-order chi connectivity index (χ0) is 14.0. The van der Waals surface area contributed by atoms with Gasteiger partial charge in [0.15, 0.2) is 5.78 Å². The summed E-state index contributed by atoms with van der Waals surface area (Å²) in [4.78, 5) is 27.7. The normalized spacial score (nSPS) is 17.2. The van der Waals surface area contributed by atoms with Gasteiger partial charge < -0.3 is 0 Å². The van der Waals surface area contributed by atoms with Gasteiger partial charge in [0.2, 0.25) is 0 Å². The van der Waals surface area contributed by atoms with Crippen LogP contribution >= 0.6 is 22.6 Å². The van der Waals surface area contributed by atoms with Gasteiger partial charge in [-0.15, -0.1) is 0 Å². The number of allylic oxidation sites excluding steroid dienone is 4. The molecule has 4 heteroatoms. The van der Waals surface area contributed by atoms with Crippen LogP contribution in [0.15, 0.2) is 52.6 Å². The third kappa shape index (κ3) is 3.07. The van der Waals surface area contributed by atoms with Crippen molar-refractivity contribution in [2.45, 2.75) is 13.8 Å². The number of carbonyl (C=O) groups is 2. The Balaban J connectivity index is 2.37. The number of aliphatic imine (C=N–C) groups is 1. The summed E-state index contributed by atoms with van der Waals surface area (Å²) in [6, 6.07) is 7.30. The first-order chi connectivity index (χ1) is 8.99. The standard InChI is InChI=1S/C15H12INO2/c1-9-8-14(18)10(2)7-13(9)17-15(19)11-5-3-4-6-12(11)16/h3-8H,1-2H3. The second-order valence-electron chi connectivity index (χ2n) is 4.30. The van der Waals surface area contributed by atoms with Crippen molar-refractivity contribution in [2.24, 2.45) is 4.99 Å². The van der Waals surface area contributed by atoms with Crippen molar-refractivity contribution < 1.29 is 9.59 Å². The summed E-state index contributed by atoms with van der Waals surface area (Å²) in [7, 11) is 0. The lowest BCUT2D eigenvalue weighted by atomic mass is 9.98. The van der Waals surface area contributed by atoms with Gasteiger partial charge in [0.25, 0.3) is 5.91 Å². The minimum Gasteiger partial charge on any atom is -0.290 e. The third-order valence-electron chi connectivity index (χ3n) is 2.82. The van der Waals surface area contributed by atoms with Gasteiger partial charge >= 0.3 is 0 Å². The summed E-state index contributed by atoms with van der Waals surface area (Å²) >= 11 is 2.11. The molecule has 0 N–H and O–H groups in total. The molecule has 0 radical (unpaired) electrons. The zero-order valence-electron chi connectivity index (χ0n) is 10.6. The van der Waals surface area contributed by atoms with Crippen LogP contribution in [-0.4, -0.2) is 17.4 Å². The molecule has 0 saturated heterocycles. The maximum atomic E-state index is 12.1. The lowest BCUT2D eigenvalue weighted by Crippen LogP contribution is -2.12. The minimum absolute atomic E-state index is 0.0295. The van der Waals surface area contributed by atoms with Crippen LogP contribution in [0.25, 0.3) is 0 Å². The number of halogens is 1. The Labute approximate surface area is 125 Å². The lowest BCUT2D eigenvalue weighted by molar-refractivity contribution is -0.111. The van der Waals surface area contributed by atoms with Gasteiger partial charge in [0.1, 0.15) is 0 Å². The van der Waals surface area contributed by atoms with Gasteiger partial charge in [-0.1, -0.05) is 12.1 Å². The molecule has 0 bridgehead atoms. The summed E-state index contributed by atoms with van der Waals surface area (Å²) in [6.07, 6.45) is 3.17. The third-order valence-corrected chi connectivity index (χ3v) is 3.76. The first-order valence-corrected chi connectivity index (χ1v) is 6.86. The van der Waals surface area contributed by atoms with Crippen LogP contribution in [0.4, 0.5) is 0 Å². The van der Waals surface area contributed by atoms with Gasteiger partial charge in [-0.3, -0.25) is 9.59 Å². The summed E-state index contributed by atoms with van der Waals surface area (Å²) in [6.45, 7) is 3.50. The van der Waals surface area contributed by atoms with Crippen LogP contribution in [0.2, 0.25) is 0 Å². The number of benzene rings is 1. The number of ketones is 1. The van der Waals surface area contributed by atoms with E-state index in [4.69, 9.17) is 0 Å². The van der Waals surface area contributed by atoms with Gasteiger partial charge in [0, 0.05) is 3.57 Å². The molecule has 0 atom stereocenters. The predicted molar refractivity (Wildman–Crippen MR) is 83.4 cm³/mol. The van der Waals surface area contributed by atoms with E-state index in [1.54, 1.807) is 26.0 Å². The molecule has 0 aromatic heterocycles. The van der Waals surface area contributed by atoms with Crippen LogP contribution in [-0.2, 0) is 4.79 Å². The van der Waals surface area contributed by atoms with Crippen molar-refractivity contribution in [2.75, 3.05) is 0 Å². The second-order valence-corrected chi connectivity index (χ2v) is 5.46. The van der Waals surface area contributed by atoms with Crippen LogP contribution in [0, 0.1) is 3.57 Å². The van der Waals surface area contributed by atoms with Gasteiger partial charge in [-0.2, -0.15) is 0 Å². The van der Waals surface area contributed by atoms with E-state index in [2.05, 4.69) is 27.6 Å². The first kappa shape index (κ1) is 13.9. The summed E-state index contributed by atoms with van der Waals surface area (Å²) in [5.41, 5.74) is 2.45. The van der Waals surface area contributed by atoms with Gasteiger partial charge in [0.05, 0.1) is 11.3 Å². The Hall–Kier alpha value is -1.56.